The number of pyridine rings is 1. The molecule has 2 N–H and O–H groups in total. The molecule has 0 unspecified atom stereocenters. The minimum absolute atomic E-state index is 0.227. The Morgan fingerprint density at radius 3 is 2.96 bits per heavy atom. The van der Waals surface area contributed by atoms with Gasteiger partial charge in [-0.3, -0.25) is 14.5 Å². The maximum Gasteiger partial charge on any atom is 0.255 e. The van der Waals surface area contributed by atoms with Crippen molar-refractivity contribution in [2.45, 2.75) is 25.6 Å². The van der Waals surface area contributed by atoms with Crippen molar-refractivity contribution in [1.82, 2.24) is 24.8 Å². The lowest BCUT2D eigenvalue weighted by molar-refractivity contribution is 0.0950. The van der Waals surface area contributed by atoms with Crippen LogP contribution in [0.15, 0.2) is 30.7 Å². The number of nitrogens with zero attached hydrogens (tertiary/aromatic N) is 3. The first-order valence-corrected chi connectivity index (χ1v) is 9.00. The summed E-state index contributed by atoms with van der Waals surface area (Å²) in [6.45, 7) is 0.806. The van der Waals surface area contributed by atoms with Gasteiger partial charge in [-0.1, -0.05) is 6.07 Å². The van der Waals surface area contributed by atoms with Gasteiger partial charge in [0.1, 0.15) is 0 Å². The Morgan fingerprint density at radius 1 is 1.43 bits per heavy atom. The Hall–Kier alpha value is -2.26. The first kappa shape index (κ1) is 15.6. The Kier molecular flexibility index (Phi) is 4.14. The highest BCUT2D eigenvalue weighted by Gasteiger charge is 2.29. The minimum Gasteiger partial charge on any atom is -0.348 e. The van der Waals surface area contributed by atoms with Gasteiger partial charge in [-0.05, 0) is 11.6 Å². The van der Waals surface area contributed by atoms with E-state index in [2.05, 4.69) is 20.1 Å². The SMILES string of the molecule is CS(=O)(=O)N[C@H]1Cc2c(C(=O)NCc3cccnc3)cnn2C1. The summed E-state index contributed by atoms with van der Waals surface area (Å²) in [6.07, 6.45) is 6.45. The van der Waals surface area contributed by atoms with Crippen LogP contribution >= 0.6 is 0 Å². The summed E-state index contributed by atoms with van der Waals surface area (Å²) in [5.74, 6) is -0.227. The Balaban J connectivity index is 1.66. The number of sulfonamides is 1. The Morgan fingerprint density at radius 2 is 2.26 bits per heavy atom. The molecule has 23 heavy (non-hydrogen) atoms. The molecule has 9 heteroatoms. The average Bonchev–Trinajstić information content (AvgIpc) is 3.03. The summed E-state index contributed by atoms with van der Waals surface area (Å²) in [5.41, 5.74) is 2.13. The average molecular weight is 335 g/mol. The molecule has 0 bridgehead atoms. The number of hydrogen-bond donors (Lipinski definition) is 2. The van der Waals surface area contributed by atoms with Gasteiger partial charge >= 0.3 is 0 Å². The van der Waals surface area contributed by atoms with Gasteiger partial charge in [0, 0.05) is 31.4 Å². The molecule has 3 heterocycles. The van der Waals surface area contributed by atoms with Crippen LogP contribution in [0.5, 0.6) is 0 Å². The van der Waals surface area contributed by atoms with Crippen LogP contribution in [-0.2, 0) is 29.5 Å². The van der Waals surface area contributed by atoms with Crippen molar-refractivity contribution in [3.63, 3.8) is 0 Å². The molecule has 2 aromatic rings. The Bertz CT molecular complexity index is 816. The number of aromatic nitrogens is 3. The van der Waals surface area contributed by atoms with Crippen LogP contribution in [0.1, 0.15) is 21.6 Å². The zero-order valence-corrected chi connectivity index (χ0v) is 13.4. The van der Waals surface area contributed by atoms with E-state index < -0.39 is 10.0 Å². The zero-order chi connectivity index (χ0) is 16.4. The molecule has 0 aromatic carbocycles. The van der Waals surface area contributed by atoms with E-state index in [4.69, 9.17) is 0 Å². The first-order valence-electron chi connectivity index (χ1n) is 7.11. The van der Waals surface area contributed by atoms with Gasteiger partial charge in [0.15, 0.2) is 0 Å². The zero-order valence-electron chi connectivity index (χ0n) is 12.6. The molecule has 0 spiro atoms. The third kappa shape index (κ3) is 3.74. The van der Waals surface area contributed by atoms with Gasteiger partial charge < -0.3 is 5.32 Å². The molecule has 0 saturated heterocycles. The van der Waals surface area contributed by atoms with E-state index in [0.29, 0.717) is 25.1 Å². The molecule has 1 amide bonds. The highest BCUT2D eigenvalue weighted by molar-refractivity contribution is 7.88. The number of carbonyl (C=O) groups is 1. The van der Waals surface area contributed by atoms with E-state index in [9.17, 15) is 13.2 Å². The fourth-order valence-corrected chi connectivity index (χ4v) is 3.41. The molecule has 1 atom stereocenters. The monoisotopic (exact) mass is 335 g/mol. The third-order valence-corrected chi connectivity index (χ3v) is 4.34. The molecule has 0 aliphatic carbocycles. The number of nitrogens with one attached hydrogen (secondary N) is 2. The van der Waals surface area contributed by atoms with Crippen LogP contribution < -0.4 is 10.0 Å². The van der Waals surface area contributed by atoms with Crippen LogP contribution in [0.25, 0.3) is 0 Å². The molecule has 0 radical (unpaired) electrons. The molecule has 122 valence electrons. The largest absolute Gasteiger partial charge is 0.348 e. The van der Waals surface area contributed by atoms with E-state index in [1.54, 1.807) is 23.1 Å². The maximum atomic E-state index is 12.3. The summed E-state index contributed by atoms with van der Waals surface area (Å²) in [4.78, 5) is 16.3. The predicted molar refractivity (Wildman–Crippen MR) is 83.1 cm³/mol. The van der Waals surface area contributed by atoms with Gasteiger partial charge in [0.05, 0.1) is 30.3 Å². The normalized spacial score (nSPS) is 17.0. The second kappa shape index (κ2) is 6.09. The molecular formula is C14H17N5O3S. The number of amides is 1. The quantitative estimate of drug-likeness (QED) is 0.779. The molecule has 2 aromatic heterocycles. The molecule has 8 nitrogen and oxygen atoms in total. The van der Waals surface area contributed by atoms with Crippen molar-refractivity contribution in [2.24, 2.45) is 0 Å². The second-order valence-electron chi connectivity index (χ2n) is 5.52. The molecule has 0 saturated carbocycles. The van der Waals surface area contributed by atoms with Crippen LogP contribution in [-0.4, -0.2) is 41.4 Å². The fourth-order valence-electron chi connectivity index (χ4n) is 2.64. The van der Waals surface area contributed by atoms with E-state index >= 15 is 0 Å². The number of hydrogen-bond acceptors (Lipinski definition) is 5. The summed E-state index contributed by atoms with van der Waals surface area (Å²) in [7, 11) is -3.28. The van der Waals surface area contributed by atoms with E-state index in [1.165, 1.54) is 6.20 Å². The summed E-state index contributed by atoms with van der Waals surface area (Å²) >= 11 is 0. The first-order chi connectivity index (χ1) is 10.9. The molecule has 0 fully saturated rings. The molecular weight excluding hydrogens is 318 g/mol. The van der Waals surface area contributed by atoms with Crippen molar-refractivity contribution < 1.29 is 13.2 Å². The maximum absolute atomic E-state index is 12.3. The lowest BCUT2D eigenvalue weighted by atomic mass is 10.1. The fraction of sp³-hybridized carbons (Fsp3) is 0.357. The minimum atomic E-state index is -3.28. The lowest BCUT2D eigenvalue weighted by Crippen LogP contribution is -2.35. The highest BCUT2D eigenvalue weighted by atomic mass is 32.2. The second-order valence-corrected chi connectivity index (χ2v) is 7.30. The van der Waals surface area contributed by atoms with Gasteiger partial charge in [-0.25, -0.2) is 13.1 Å². The van der Waals surface area contributed by atoms with Gasteiger partial charge in [0.2, 0.25) is 10.0 Å². The number of rotatable bonds is 5. The van der Waals surface area contributed by atoms with Gasteiger partial charge in [-0.2, -0.15) is 5.10 Å². The van der Waals surface area contributed by atoms with Crippen molar-refractivity contribution in [1.29, 1.82) is 0 Å². The third-order valence-electron chi connectivity index (χ3n) is 3.58. The van der Waals surface area contributed by atoms with Crippen LogP contribution in [0.4, 0.5) is 0 Å². The van der Waals surface area contributed by atoms with Crippen LogP contribution in [0.2, 0.25) is 0 Å². The standard InChI is InChI=1S/C14H17N5O3S/c1-23(21,22)18-11-5-13-12(8-17-19(13)9-11)14(20)16-7-10-3-2-4-15-6-10/h2-4,6,8,11,18H,5,7,9H2,1H3,(H,16,20)/t11-/m0/s1. The van der Waals surface area contributed by atoms with E-state index in [1.807, 2.05) is 6.07 Å². The van der Waals surface area contributed by atoms with Crippen molar-refractivity contribution in [3.05, 3.63) is 47.5 Å². The van der Waals surface area contributed by atoms with Crippen molar-refractivity contribution in [2.75, 3.05) is 6.26 Å². The van der Waals surface area contributed by atoms with Crippen LogP contribution in [0, 0.1) is 0 Å². The van der Waals surface area contributed by atoms with Crippen molar-refractivity contribution >= 4 is 15.9 Å². The number of carbonyl (C=O) groups excluding carboxylic acids is 1. The Labute approximate surface area is 134 Å². The van der Waals surface area contributed by atoms with Crippen molar-refractivity contribution in [3.8, 4) is 0 Å². The number of fused-ring (bicyclic) bond motifs is 1. The molecule has 1 aliphatic heterocycles. The topological polar surface area (TPSA) is 106 Å². The summed E-state index contributed by atoms with van der Waals surface area (Å²) < 4.78 is 26.8. The predicted octanol–water partition coefficient (Wildman–Crippen LogP) is -0.318. The van der Waals surface area contributed by atoms with Crippen LogP contribution in [0.3, 0.4) is 0 Å². The molecule has 3 rings (SSSR count). The van der Waals surface area contributed by atoms with E-state index in [0.717, 1.165) is 17.5 Å². The van der Waals surface area contributed by atoms with Gasteiger partial charge in [-0.15, -0.1) is 0 Å². The summed E-state index contributed by atoms with van der Waals surface area (Å²) in [5, 5.41) is 6.98. The summed E-state index contributed by atoms with van der Waals surface area (Å²) in [6, 6.07) is 3.42. The highest BCUT2D eigenvalue weighted by Crippen LogP contribution is 2.19. The smallest absolute Gasteiger partial charge is 0.255 e. The molecule has 1 aliphatic rings. The van der Waals surface area contributed by atoms with Gasteiger partial charge in [0.25, 0.3) is 5.91 Å². The lowest BCUT2D eigenvalue weighted by Gasteiger charge is -2.09. The van der Waals surface area contributed by atoms with E-state index in [-0.39, 0.29) is 11.9 Å².